The molecule has 0 amide bonds. The van der Waals surface area contributed by atoms with Crippen LogP contribution in [0.1, 0.15) is 18.6 Å². The van der Waals surface area contributed by atoms with E-state index in [0.717, 1.165) is 9.13 Å². The van der Waals surface area contributed by atoms with E-state index < -0.39 is 6.10 Å². The lowest BCUT2D eigenvalue weighted by atomic mass is 10.1. The first-order valence-electron chi connectivity index (χ1n) is 3.22. The Labute approximate surface area is 93.5 Å². The van der Waals surface area contributed by atoms with Crippen molar-refractivity contribution in [2.75, 3.05) is 0 Å². The summed E-state index contributed by atoms with van der Waals surface area (Å²) in [6, 6.07) is 5.89. The van der Waals surface area contributed by atoms with Gasteiger partial charge in [0.1, 0.15) is 6.10 Å². The van der Waals surface area contributed by atoms with Gasteiger partial charge in [-0.15, -0.1) is 0 Å². The molecule has 11 heavy (non-hydrogen) atoms. The van der Waals surface area contributed by atoms with E-state index in [1.54, 1.807) is 6.92 Å². The predicted molar refractivity (Wildman–Crippen MR) is 61.0 cm³/mol. The number of hydrogen-bond acceptors (Lipinski definition) is 0. The predicted octanol–water partition coefficient (Wildman–Crippen LogP) is 3.39. The standard InChI is InChI=1S/C8H7I2O/c1-5(11)7-3-2-6(9)4-8(7)10/h2-5H,1H3. The van der Waals surface area contributed by atoms with E-state index >= 15 is 0 Å². The van der Waals surface area contributed by atoms with Gasteiger partial charge in [-0.05, 0) is 69.8 Å². The van der Waals surface area contributed by atoms with Gasteiger partial charge in [0, 0.05) is 7.14 Å². The summed E-state index contributed by atoms with van der Waals surface area (Å²) in [5, 5.41) is 11.1. The van der Waals surface area contributed by atoms with Crippen LogP contribution < -0.4 is 0 Å². The van der Waals surface area contributed by atoms with Crippen molar-refractivity contribution in [1.82, 2.24) is 0 Å². The average Bonchev–Trinajstić information content (AvgIpc) is 1.85. The highest BCUT2D eigenvalue weighted by Crippen LogP contribution is 2.21. The number of benzene rings is 1. The SMILES string of the molecule is CC([O])c1ccc(I)cc1I. The summed E-state index contributed by atoms with van der Waals surface area (Å²) in [4.78, 5) is 0. The highest BCUT2D eigenvalue weighted by molar-refractivity contribution is 14.1. The highest BCUT2D eigenvalue weighted by Gasteiger charge is 2.06. The molecule has 0 heterocycles. The molecule has 1 rings (SSSR count). The van der Waals surface area contributed by atoms with E-state index in [9.17, 15) is 5.11 Å². The average molecular weight is 373 g/mol. The van der Waals surface area contributed by atoms with Gasteiger partial charge in [-0.1, -0.05) is 6.07 Å². The molecule has 1 aromatic rings. The minimum atomic E-state index is -0.612. The molecule has 0 fully saturated rings. The topological polar surface area (TPSA) is 19.9 Å². The van der Waals surface area contributed by atoms with Gasteiger partial charge in [-0.2, -0.15) is 0 Å². The van der Waals surface area contributed by atoms with Gasteiger partial charge < -0.3 is 0 Å². The van der Waals surface area contributed by atoms with E-state index in [4.69, 9.17) is 0 Å². The van der Waals surface area contributed by atoms with Crippen molar-refractivity contribution in [3.05, 3.63) is 30.9 Å². The molecule has 1 atom stereocenters. The van der Waals surface area contributed by atoms with Gasteiger partial charge in [0.2, 0.25) is 0 Å². The third-order valence-corrected chi connectivity index (χ3v) is 3.01. The summed E-state index contributed by atoms with van der Waals surface area (Å²) in [5.74, 6) is 0. The lowest BCUT2D eigenvalue weighted by Gasteiger charge is -2.04. The molecule has 0 saturated heterocycles. The summed E-state index contributed by atoms with van der Waals surface area (Å²) in [7, 11) is 0. The van der Waals surface area contributed by atoms with Crippen LogP contribution in [-0.2, 0) is 5.11 Å². The summed E-state index contributed by atoms with van der Waals surface area (Å²) in [6.45, 7) is 1.67. The zero-order valence-corrected chi connectivity index (χ0v) is 10.3. The molecule has 0 bridgehead atoms. The van der Waals surface area contributed by atoms with Gasteiger partial charge in [0.05, 0.1) is 0 Å². The molecule has 59 valence electrons. The molecule has 1 radical (unpaired) electrons. The van der Waals surface area contributed by atoms with Gasteiger partial charge in [-0.3, -0.25) is 0 Å². The number of halogens is 2. The second-order valence-corrected chi connectivity index (χ2v) is 4.72. The summed E-state index contributed by atoms with van der Waals surface area (Å²) in [5.41, 5.74) is 0.894. The first kappa shape index (κ1) is 9.73. The van der Waals surface area contributed by atoms with Crippen molar-refractivity contribution in [2.45, 2.75) is 13.0 Å². The highest BCUT2D eigenvalue weighted by atomic mass is 127. The Morgan fingerprint density at radius 1 is 1.36 bits per heavy atom. The van der Waals surface area contributed by atoms with Crippen LogP contribution in [0, 0.1) is 7.14 Å². The fourth-order valence-corrected chi connectivity index (χ4v) is 2.87. The Balaban J connectivity index is 3.09. The quantitative estimate of drug-likeness (QED) is 0.673. The van der Waals surface area contributed by atoms with E-state index in [1.165, 1.54) is 3.57 Å². The van der Waals surface area contributed by atoms with Gasteiger partial charge in [-0.25, -0.2) is 5.11 Å². The van der Waals surface area contributed by atoms with Crippen LogP contribution in [-0.4, -0.2) is 0 Å². The molecule has 0 aliphatic carbocycles. The molecular formula is C8H7I2O. The van der Waals surface area contributed by atoms with Crippen molar-refractivity contribution in [3.8, 4) is 0 Å². The molecule has 1 nitrogen and oxygen atoms in total. The summed E-state index contributed by atoms with van der Waals surface area (Å²) >= 11 is 4.44. The third kappa shape index (κ3) is 2.55. The van der Waals surface area contributed by atoms with Crippen LogP contribution in [0.15, 0.2) is 18.2 Å². The molecule has 0 aromatic heterocycles. The molecule has 0 saturated carbocycles. The summed E-state index contributed by atoms with van der Waals surface area (Å²) < 4.78 is 2.24. The number of rotatable bonds is 1. The zero-order chi connectivity index (χ0) is 8.43. The third-order valence-electron chi connectivity index (χ3n) is 1.40. The monoisotopic (exact) mass is 373 g/mol. The van der Waals surface area contributed by atoms with Gasteiger partial charge in [0.25, 0.3) is 0 Å². The Bertz CT molecular complexity index is 258. The van der Waals surface area contributed by atoms with Crippen molar-refractivity contribution >= 4 is 45.2 Å². The van der Waals surface area contributed by atoms with Crippen LogP contribution in [0.3, 0.4) is 0 Å². The van der Waals surface area contributed by atoms with E-state index in [0.29, 0.717) is 0 Å². The molecule has 0 aliphatic heterocycles. The minimum absolute atomic E-state index is 0.612. The first-order valence-corrected chi connectivity index (χ1v) is 5.38. The Hall–Kier alpha value is 0.640. The number of hydrogen-bond donors (Lipinski definition) is 0. The Kier molecular flexibility index (Phi) is 3.57. The maximum Gasteiger partial charge on any atom is 0.116 e. The Morgan fingerprint density at radius 3 is 2.45 bits per heavy atom. The molecule has 0 spiro atoms. The molecule has 1 aromatic carbocycles. The molecule has 0 N–H and O–H groups in total. The van der Waals surface area contributed by atoms with Crippen molar-refractivity contribution in [3.63, 3.8) is 0 Å². The molecule has 3 heteroatoms. The fourth-order valence-electron chi connectivity index (χ4n) is 0.831. The lowest BCUT2D eigenvalue weighted by Crippen LogP contribution is -1.92. The second-order valence-electron chi connectivity index (χ2n) is 2.31. The van der Waals surface area contributed by atoms with E-state index in [-0.39, 0.29) is 0 Å². The molecule has 1 unspecified atom stereocenters. The van der Waals surface area contributed by atoms with E-state index in [2.05, 4.69) is 45.2 Å². The van der Waals surface area contributed by atoms with Crippen LogP contribution >= 0.6 is 45.2 Å². The first-order chi connectivity index (χ1) is 5.11. The smallest absolute Gasteiger partial charge is 0.116 e. The Morgan fingerprint density at radius 2 is 2.00 bits per heavy atom. The van der Waals surface area contributed by atoms with Gasteiger partial charge in [0.15, 0.2) is 0 Å². The van der Waals surface area contributed by atoms with Crippen molar-refractivity contribution in [2.24, 2.45) is 0 Å². The van der Waals surface area contributed by atoms with E-state index in [1.807, 2.05) is 18.2 Å². The molecule has 0 aliphatic rings. The van der Waals surface area contributed by atoms with Crippen LogP contribution in [0.4, 0.5) is 0 Å². The van der Waals surface area contributed by atoms with Crippen molar-refractivity contribution < 1.29 is 5.11 Å². The molecular weight excluding hydrogens is 366 g/mol. The lowest BCUT2D eigenvalue weighted by molar-refractivity contribution is 0.105. The van der Waals surface area contributed by atoms with Crippen LogP contribution in [0.25, 0.3) is 0 Å². The normalized spacial score (nSPS) is 13.1. The second kappa shape index (κ2) is 4.04. The van der Waals surface area contributed by atoms with Crippen LogP contribution in [0.2, 0.25) is 0 Å². The van der Waals surface area contributed by atoms with Crippen LogP contribution in [0.5, 0.6) is 0 Å². The zero-order valence-electron chi connectivity index (χ0n) is 5.97. The summed E-state index contributed by atoms with van der Waals surface area (Å²) in [6.07, 6.45) is -0.612. The fraction of sp³-hybridized carbons (Fsp3) is 0.250. The largest absolute Gasteiger partial charge is 0.228 e. The van der Waals surface area contributed by atoms with Crippen molar-refractivity contribution in [1.29, 1.82) is 0 Å². The maximum atomic E-state index is 11.1. The maximum absolute atomic E-state index is 11.1. The minimum Gasteiger partial charge on any atom is -0.228 e. The van der Waals surface area contributed by atoms with Gasteiger partial charge >= 0.3 is 0 Å².